The van der Waals surface area contributed by atoms with Gasteiger partial charge in [0, 0.05) is 31.7 Å². The van der Waals surface area contributed by atoms with E-state index in [1.54, 1.807) is 19.2 Å². The maximum Gasteiger partial charge on any atom is 0.291 e. The molecule has 7 nitrogen and oxygen atoms in total. The zero-order chi connectivity index (χ0) is 20.4. The number of carbonyl (C=O) groups excluding carboxylic acids is 2. The van der Waals surface area contributed by atoms with Gasteiger partial charge in [0.2, 0.25) is 0 Å². The Morgan fingerprint density at radius 3 is 2.48 bits per heavy atom. The molecule has 1 aliphatic heterocycles. The topological polar surface area (TPSA) is 84.6 Å². The molecule has 0 spiro atoms. The van der Waals surface area contributed by atoms with Crippen molar-refractivity contribution < 1.29 is 14.0 Å². The van der Waals surface area contributed by atoms with Crippen LogP contribution in [0.15, 0.2) is 51.8 Å². The number of furan rings is 1. The first-order valence-electron chi connectivity index (χ1n) is 9.83. The number of fused-ring (bicyclic) bond motifs is 1. The summed E-state index contributed by atoms with van der Waals surface area (Å²) in [7, 11) is 1.57. The van der Waals surface area contributed by atoms with Gasteiger partial charge >= 0.3 is 0 Å². The second-order valence-electron chi connectivity index (χ2n) is 7.37. The minimum Gasteiger partial charge on any atom is -0.451 e. The number of likely N-dealkylation sites (tertiary alicyclic amines) is 1. The summed E-state index contributed by atoms with van der Waals surface area (Å²) in [6, 6.07) is 10.4. The van der Waals surface area contributed by atoms with E-state index in [-0.39, 0.29) is 22.9 Å². The van der Waals surface area contributed by atoms with Crippen molar-refractivity contribution in [3.05, 3.63) is 64.3 Å². The minimum absolute atomic E-state index is 0.0543. The maximum atomic E-state index is 12.9. The molecule has 29 heavy (non-hydrogen) atoms. The average Bonchev–Trinajstić information content (AvgIpc) is 2.97. The summed E-state index contributed by atoms with van der Waals surface area (Å²) < 4.78 is 6.88. The molecule has 4 rings (SSSR count). The van der Waals surface area contributed by atoms with E-state index in [2.05, 4.69) is 5.32 Å². The maximum absolute atomic E-state index is 12.9. The number of anilines is 1. The number of nitrogens with one attached hydrogen (secondary N) is 1. The molecule has 1 N–H and O–H groups in total. The number of amides is 2. The van der Waals surface area contributed by atoms with Crippen LogP contribution < -0.4 is 10.9 Å². The van der Waals surface area contributed by atoms with Gasteiger partial charge in [0.05, 0.1) is 5.56 Å². The standard InChI is InChI=1S/C22H23N3O4/c1-24-14-16(21(27)25-10-6-2-3-7-11-25)12-17(22(24)28)23-20(26)19-13-15-8-4-5-9-18(15)29-19/h4-5,8-9,12-14H,2-3,6-7,10-11H2,1H3,(H,23,26). The molecule has 3 aromatic rings. The lowest BCUT2D eigenvalue weighted by Crippen LogP contribution is -2.33. The van der Waals surface area contributed by atoms with E-state index in [4.69, 9.17) is 4.42 Å². The summed E-state index contributed by atoms with van der Waals surface area (Å²) in [6.07, 6.45) is 5.72. The molecule has 3 heterocycles. The monoisotopic (exact) mass is 393 g/mol. The molecule has 0 aliphatic carbocycles. The van der Waals surface area contributed by atoms with Gasteiger partial charge < -0.3 is 19.2 Å². The first kappa shape index (κ1) is 19.0. The highest BCUT2D eigenvalue weighted by Gasteiger charge is 2.21. The average molecular weight is 393 g/mol. The molecule has 0 bridgehead atoms. The van der Waals surface area contributed by atoms with Crippen LogP contribution in [0.4, 0.5) is 5.69 Å². The number of nitrogens with zero attached hydrogens (tertiary/aromatic N) is 2. The number of carbonyl (C=O) groups is 2. The number of pyridine rings is 1. The van der Waals surface area contributed by atoms with Crippen LogP contribution in [0.1, 0.15) is 46.6 Å². The number of para-hydroxylation sites is 1. The van der Waals surface area contributed by atoms with E-state index in [1.165, 1.54) is 16.8 Å². The zero-order valence-corrected chi connectivity index (χ0v) is 16.3. The lowest BCUT2D eigenvalue weighted by atomic mass is 10.2. The number of aryl methyl sites for hydroxylation is 1. The van der Waals surface area contributed by atoms with Crippen molar-refractivity contribution >= 4 is 28.5 Å². The second-order valence-corrected chi connectivity index (χ2v) is 7.37. The van der Waals surface area contributed by atoms with Gasteiger partial charge in [0.1, 0.15) is 11.3 Å². The van der Waals surface area contributed by atoms with Crippen LogP contribution in [-0.2, 0) is 7.05 Å². The van der Waals surface area contributed by atoms with E-state index in [0.29, 0.717) is 24.2 Å². The van der Waals surface area contributed by atoms with Crippen molar-refractivity contribution in [3.8, 4) is 0 Å². The Hall–Kier alpha value is -3.35. The molecule has 1 aromatic carbocycles. The summed E-state index contributed by atoms with van der Waals surface area (Å²) in [6.45, 7) is 1.42. The summed E-state index contributed by atoms with van der Waals surface area (Å²) in [4.78, 5) is 39.9. The molecule has 1 aliphatic rings. The van der Waals surface area contributed by atoms with Crippen LogP contribution in [0.5, 0.6) is 0 Å². The Morgan fingerprint density at radius 1 is 1.03 bits per heavy atom. The van der Waals surface area contributed by atoms with Crippen molar-refractivity contribution in [2.45, 2.75) is 25.7 Å². The fourth-order valence-electron chi connectivity index (χ4n) is 3.65. The normalized spacial score (nSPS) is 14.6. The molecule has 0 radical (unpaired) electrons. The molecule has 0 saturated carbocycles. The molecule has 7 heteroatoms. The summed E-state index contributed by atoms with van der Waals surface area (Å²) in [5.41, 5.74) is 0.644. The summed E-state index contributed by atoms with van der Waals surface area (Å²) >= 11 is 0. The third-order valence-electron chi connectivity index (χ3n) is 5.22. The molecule has 1 fully saturated rings. The molecule has 2 amide bonds. The van der Waals surface area contributed by atoms with E-state index in [9.17, 15) is 14.4 Å². The van der Waals surface area contributed by atoms with E-state index in [1.807, 2.05) is 23.1 Å². The first-order valence-corrected chi connectivity index (χ1v) is 9.83. The SMILES string of the molecule is Cn1cc(C(=O)N2CCCCCC2)cc(NC(=O)c2cc3ccccc3o2)c1=O. The van der Waals surface area contributed by atoms with Crippen molar-refractivity contribution in [2.24, 2.45) is 7.05 Å². The number of aromatic nitrogens is 1. The summed E-state index contributed by atoms with van der Waals surface area (Å²) in [5.74, 6) is -0.545. The van der Waals surface area contributed by atoms with Gasteiger partial charge in [-0.25, -0.2) is 0 Å². The Labute approximate surface area is 167 Å². The molecule has 0 unspecified atom stereocenters. The second kappa shape index (κ2) is 7.95. The highest BCUT2D eigenvalue weighted by atomic mass is 16.3. The Balaban J connectivity index is 1.60. The fraction of sp³-hybridized carbons (Fsp3) is 0.318. The number of hydrogen-bond donors (Lipinski definition) is 1. The highest BCUT2D eigenvalue weighted by molar-refractivity contribution is 6.05. The molecule has 150 valence electrons. The van der Waals surface area contributed by atoms with Crippen molar-refractivity contribution in [1.82, 2.24) is 9.47 Å². The largest absolute Gasteiger partial charge is 0.451 e. The van der Waals surface area contributed by atoms with Crippen LogP contribution in [0.25, 0.3) is 11.0 Å². The van der Waals surface area contributed by atoms with Crippen molar-refractivity contribution in [1.29, 1.82) is 0 Å². The van der Waals surface area contributed by atoms with Gasteiger partial charge in [0.15, 0.2) is 5.76 Å². The van der Waals surface area contributed by atoms with Gasteiger partial charge in [-0.05, 0) is 31.0 Å². The van der Waals surface area contributed by atoms with Crippen molar-refractivity contribution in [3.63, 3.8) is 0 Å². The van der Waals surface area contributed by atoms with Gasteiger partial charge in [0.25, 0.3) is 17.4 Å². The third kappa shape index (κ3) is 3.94. The third-order valence-corrected chi connectivity index (χ3v) is 5.22. The molecular weight excluding hydrogens is 370 g/mol. The van der Waals surface area contributed by atoms with Gasteiger partial charge in [-0.2, -0.15) is 0 Å². The van der Waals surface area contributed by atoms with Crippen LogP contribution in [-0.4, -0.2) is 34.4 Å². The molecule has 0 atom stereocenters. The molecule has 2 aromatic heterocycles. The number of hydrogen-bond acceptors (Lipinski definition) is 4. The van der Waals surface area contributed by atoms with Gasteiger partial charge in [-0.15, -0.1) is 0 Å². The predicted octanol–water partition coefficient (Wildman–Crippen LogP) is 3.40. The highest BCUT2D eigenvalue weighted by Crippen LogP contribution is 2.20. The van der Waals surface area contributed by atoms with Crippen molar-refractivity contribution in [2.75, 3.05) is 18.4 Å². The molecular formula is C22H23N3O4. The summed E-state index contributed by atoms with van der Waals surface area (Å²) in [5, 5.41) is 3.40. The Bertz CT molecular complexity index is 1090. The van der Waals surface area contributed by atoms with Crippen LogP contribution in [0.2, 0.25) is 0 Å². The van der Waals surface area contributed by atoms with Gasteiger partial charge in [-0.3, -0.25) is 14.4 Å². The number of rotatable bonds is 3. The number of benzene rings is 1. The zero-order valence-electron chi connectivity index (χ0n) is 16.3. The van der Waals surface area contributed by atoms with E-state index >= 15 is 0 Å². The predicted molar refractivity (Wildman–Crippen MR) is 110 cm³/mol. The lowest BCUT2D eigenvalue weighted by Gasteiger charge is -2.21. The van der Waals surface area contributed by atoms with E-state index < -0.39 is 5.91 Å². The Morgan fingerprint density at radius 2 is 1.76 bits per heavy atom. The Kier molecular flexibility index (Phi) is 5.20. The van der Waals surface area contributed by atoms with Crippen LogP contribution in [0, 0.1) is 0 Å². The quantitative estimate of drug-likeness (QED) is 0.739. The fourth-order valence-corrected chi connectivity index (χ4v) is 3.65. The van der Waals surface area contributed by atoms with Crippen LogP contribution in [0.3, 0.4) is 0 Å². The first-order chi connectivity index (χ1) is 14.0. The molecule has 1 saturated heterocycles. The lowest BCUT2D eigenvalue weighted by molar-refractivity contribution is 0.0760. The van der Waals surface area contributed by atoms with Crippen LogP contribution >= 0.6 is 0 Å². The van der Waals surface area contributed by atoms with E-state index in [0.717, 1.165) is 31.1 Å². The van der Waals surface area contributed by atoms with Gasteiger partial charge in [-0.1, -0.05) is 31.0 Å². The smallest absolute Gasteiger partial charge is 0.291 e. The minimum atomic E-state index is -0.530.